The lowest BCUT2D eigenvalue weighted by atomic mass is 10.2. The summed E-state index contributed by atoms with van der Waals surface area (Å²) in [7, 11) is 5.57. The normalized spacial score (nSPS) is 13.1. The molecule has 0 spiro atoms. The maximum Gasteiger partial charge on any atom is 0.193 e. The van der Waals surface area contributed by atoms with E-state index in [2.05, 4.69) is 60.1 Å². The first kappa shape index (κ1) is 19.3. The van der Waals surface area contributed by atoms with Gasteiger partial charge in [0.25, 0.3) is 0 Å². The zero-order valence-corrected chi connectivity index (χ0v) is 15.5. The molecule has 1 atom stereocenters. The zero-order valence-electron chi connectivity index (χ0n) is 15.5. The molecule has 0 aromatic heterocycles. The van der Waals surface area contributed by atoms with Crippen LogP contribution in [0.1, 0.15) is 26.3 Å². The molecule has 0 saturated carbocycles. The average molecular weight is 320 g/mol. The van der Waals surface area contributed by atoms with Crippen molar-refractivity contribution in [1.29, 1.82) is 0 Å². The van der Waals surface area contributed by atoms with Crippen LogP contribution in [0.3, 0.4) is 0 Å². The van der Waals surface area contributed by atoms with Gasteiger partial charge in [-0.2, -0.15) is 0 Å². The van der Waals surface area contributed by atoms with Crippen LogP contribution in [0.25, 0.3) is 0 Å². The van der Waals surface area contributed by atoms with Crippen molar-refractivity contribution in [3.8, 4) is 5.75 Å². The smallest absolute Gasteiger partial charge is 0.193 e. The number of nitrogens with one attached hydrogen (secondary N) is 1. The summed E-state index contributed by atoms with van der Waals surface area (Å²) in [5.74, 6) is 1.80. The van der Waals surface area contributed by atoms with E-state index >= 15 is 0 Å². The van der Waals surface area contributed by atoms with E-state index < -0.39 is 0 Å². The second-order valence-electron chi connectivity index (χ2n) is 5.70. The van der Waals surface area contributed by atoms with E-state index in [9.17, 15) is 0 Å². The standard InChI is InChI=1S/C18H32N4O/c1-7-22(8-2)15(3)13-20-18(19-4)21(5)14-16-9-11-17(23-6)12-10-16/h9-12,15H,7-8,13-14H2,1-6H3,(H,19,20). The summed E-state index contributed by atoms with van der Waals surface area (Å²) in [5, 5.41) is 3.47. The van der Waals surface area contributed by atoms with Gasteiger partial charge in [0, 0.05) is 33.2 Å². The molecule has 0 bridgehead atoms. The van der Waals surface area contributed by atoms with Gasteiger partial charge in [0.15, 0.2) is 5.96 Å². The van der Waals surface area contributed by atoms with Gasteiger partial charge in [-0.25, -0.2) is 0 Å². The van der Waals surface area contributed by atoms with Crippen molar-refractivity contribution in [3.05, 3.63) is 29.8 Å². The fourth-order valence-corrected chi connectivity index (χ4v) is 2.68. The Balaban J connectivity index is 2.56. The molecule has 0 heterocycles. The van der Waals surface area contributed by atoms with Gasteiger partial charge in [-0.1, -0.05) is 26.0 Å². The van der Waals surface area contributed by atoms with Crippen LogP contribution in [-0.2, 0) is 6.54 Å². The topological polar surface area (TPSA) is 40.1 Å². The molecule has 0 aliphatic heterocycles. The van der Waals surface area contributed by atoms with Crippen molar-refractivity contribution in [2.45, 2.75) is 33.4 Å². The van der Waals surface area contributed by atoms with Crippen molar-refractivity contribution >= 4 is 5.96 Å². The molecule has 1 aromatic carbocycles. The summed E-state index contributed by atoms with van der Waals surface area (Å²) in [5.41, 5.74) is 1.23. The Labute approximate surface area is 141 Å². The largest absolute Gasteiger partial charge is 0.497 e. The third kappa shape index (κ3) is 6.10. The summed E-state index contributed by atoms with van der Waals surface area (Å²) < 4.78 is 5.20. The van der Waals surface area contributed by atoms with Crippen LogP contribution in [0, 0.1) is 0 Å². The number of likely N-dealkylation sites (N-methyl/N-ethyl adjacent to an activating group) is 1. The maximum atomic E-state index is 5.20. The molecule has 0 saturated heterocycles. The Hall–Kier alpha value is -1.75. The number of rotatable bonds is 8. The van der Waals surface area contributed by atoms with E-state index in [1.807, 2.05) is 19.2 Å². The molecule has 5 nitrogen and oxygen atoms in total. The quantitative estimate of drug-likeness (QED) is 0.590. The first-order valence-corrected chi connectivity index (χ1v) is 8.34. The summed E-state index contributed by atoms with van der Waals surface area (Å²) in [6.07, 6.45) is 0. The second kappa shape index (κ2) is 10.1. The molecule has 23 heavy (non-hydrogen) atoms. The fourth-order valence-electron chi connectivity index (χ4n) is 2.68. The first-order chi connectivity index (χ1) is 11.0. The van der Waals surface area contributed by atoms with Crippen molar-refractivity contribution in [2.75, 3.05) is 40.8 Å². The van der Waals surface area contributed by atoms with Gasteiger partial charge < -0.3 is 15.0 Å². The number of ether oxygens (including phenoxy) is 1. The Morgan fingerprint density at radius 2 is 1.83 bits per heavy atom. The zero-order chi connectivity index (χ0) is 17.2. The lowest BCUT2D eigenvalue weighted by Gasteiger charge is -2.29. The predicted octanol–water partition coefficient (Wildman–Crippen LogP) is 2.43. The molecule has 1 unspecified atom stereocenters. The highest BCUT2D eigenvalue weighted by Crippen LogP contribution is 2.12. The minimum Gasteiger partial charge on any atom is -0.497 e. The van der Waals surface area contributed by atoms with Crippen molar-refractivity contribution < 1.29 is 4.74 Å². The van der Waals surface area contributed by atoms with Gasteiger partial charge in [-0.15, -0.1) is 0 Å². The van der Waals surface area contributed by atoms with Crippen LogP contribution in [0.4, 0.5) is 0 Å². The SMILES string of the molecule is CCN(CC)C(C)CNC(=NC)N(C)Cc1ccc(OC)cc1. The van der Waals surface area contributed by atoms with Crippen molar-refractivity contribution in [2.24, 2.45) is 4.99 Å². The van der Waals surface area contributed by atoms with Crippen LogP contribution in [0.15, 0.2) is 29.3 Å². The van der Waals surface area contributed by atoms with Gasteiger partial charge in [0.05, 0.1) is 7.11 Å². The summed E-state index contributed by atoms with van der Waals surface area (Å²) in [4.78, 5) is 8.96. The summed E-state index contributed by atoms with van der Waals surface area (Å²) in [6, 6.07) is 8.63. The average Bonchev–Trinajstić information content (AvgIpc) is 2.57. The molecule has 130 valence electrons. The van der Waals surface area contributed by atoms with E-state index in [1.165, 1.54) is 5.56 Å². The van der Waals surface area contributed by atoms with E-state index in [1.54, 1.807) is 7.11 Å². The van der Waals surface area contributed by atoms with E-state index in [4.69, 9.17) is 4.74 Å². The third-order valence-electron chi connectivity index (χ3n) is 4.14. The number of aliphatic imine (C=N–C) groups is 1. The van der Waals surface area contributed by atoms with Gasteiger partial charge in [0.2, 0.25) is 0 Å². The van der Waals surface area contributed by atoms with Crippen molar-refractivity contribution in [1.82, 2.24) is 15.1 Å². The number of methoxy groups -OCH3 is 1. The van der Waals surface area contributed by atoms with Crippen LogP contribution < -0.4 is 10.1 Å². The molecule has 1 N–H and O–H groups in total. The molecule has 0 aliphatic carbocycles. The van der Waals surface area contributed by atoms with Crippen LogP contribution in [0.2, 0.25) is 0 Å². The molecular formula is C18H32N4O. The molecule has 0 fully saturated rings. The molecule has 0 radical (unpaired) electrons. The highest BCUT2D eigenvalue weighted by Gasteiger charge is 2.12. The maximum absolute atomic E-state index is 5.20. The fraction of sp³-hybridized carbons (Fsp3) is 0.611. The Morgan fingerprint density at radius 3 is 2.30 bits per heavy atom. The molecule has 0 aliphatic rings. The van der Waals surface area contributed by atoms with Gasteiger partial charge >= 0.3 is 0 Å². The highest BCUT2D eigenvalue weighted by molar-refractivity contribution is 5.79. The minimum absolute atomic E-state index is 0.483. The number of benzene rings is 1. The minimum atomic E-state index is 0.483. The lowest BCUT2D eigenvalue weighted by Crippen LogP contribution is -2.46. The molecule has 0 amide bonds. The van der Waals surface area contributed by atoms with Gasteiger partial charge in [-0.05, 0) is 37.7 Å². The van der Waals surface area contributed by atoms with Crippen LogP contribution in [0.5, 0.6) is 5.75 Å². The Kier molecular flexibility index (Phi) is 8.48. The number of guanidine groups is 1. The van der Waals surface area contributed by atoms with E-state index in [-0.39, 0.29) is 0 Å². The predicted molar refractivity (Wildman–Crippen MR) is 98.2 cm³/mol. The number of nitrogens with zero attached hydrogens (tertiary/aromatic N) is 3. The molecule has 5 heteroatoms. The lowest BCUT2D eigenvalue weighted by molar-refractivity contribution is 0.230. The van der Waals surface area contributed by atoms with Crippen LogP contribution in [-0.4, -0.2) is 62.6 Å². The van der Waals surface area contributed by atoms with Crippen LogP contribution >= 0.6 is 0 Å². The number of hydrogen-bond acceptors (Lipinski definition) is 3. The summed E-state index contributed by atoms with van der Waals surface area (Å²) in [6.45, 7) is 10.5. The monoisotopic (exact) mass is 320 g/mol. The van der Waals surface area contributed by atoms with E-state index in [0.717, 1.165) is 37.9 Å². The number of hydrogen-bond donors (Lipinski definition) is 1. The van der Waals surface area contributed by atoms with Gasteiger partial charge in [0.1, 0.15) is 5.75 Å². The second-order valence-corrected chi connectivity index (χ2v) is 5.70. The Morgan fingerprint density at radius 1 is 1.22 bits per heavy atom. The van der Waals surface area contributed by atoms with Gasteiger partial charge in [-0.3, -0.25) is 9.89 Å². The van der Waals surface area contributed by atoms with E-state index in [0.29, 0.717) is 6.04 Å². The molecular weight excluding hydrogens is 288 g/mol. The molecule has 1 aromatic rings. The van der Waals surface area contributed by atoms with Crippen molar-refractivity contribution in [3.63, 3.8) is 0 Å². The molecule has 1 rings (SSSR count). The Bertz CT molecular complexity index is 468. The first-order valence-electron chi connectivity index (χ1n) is 8.34. The highest BCUT2D eigenvalue weighted by atomic mass is 16.5. The summed E-state index contributed by atoms with van der Waals surface area (Å²) >= 11 is 0. The third-order valence-corrected chi connectivity index (χ3v) is 4.14.